The molecule has 0 rings (SSSR count). The maximum atomic E-state index is 12.4. The van der Waals surface area contributed by atoms with E-state index in [0.717, 1.165) is 44.9 Å². The molecule has 0 radical (unpaired) electrons. The standard InChI is InChI=1S/C58H111NO5/c1-3-5-7-9-11-13-15-27-32-36-40-44-48-52-58(63)64-53-49-45-41-37-33-29-26-24-22-20-18-17-19-21-23-25-28-31-35-39-43-47-51-57(62)59-55(54-60)56(61)50-46-42-38-34-30-16-14-12-10-8-6-4-2/h13,15,19,21,55-56,60-61H,3-12,14,16-18,20,22-54H2,1-2H3,(H,59,62)/b15-13-,21-19-. The van der Waals surface area contributed by atoms with Gasteiger partial charge in [-0.3, -0.25) is 9.59 Å². The number of rotatable bonds is 53. The summed E-state index contributed by atoms with van der Waals surface area (Å²) in [4.78, 5) is 24.5. The number of hydrogen-bond donors (Lipinski definition) is 3. The van der Waals surface area contributed by atoms with Crippen molar-refractivity contribution in [2.45, 2.75) is 321 Å². The molecule has 0 aromatic heterocycles. The first-order valence-electron chi connectivity index (χ1n) is 28.6. The summed E-state index contributed by atoms with van der Waals surface area (Å²) in [5, 5.41) is 23.2. The maximum Gasteiger partial charge on any atom is 0.305 e. The van der Waals surface area contributed by atoms with Gasteiger partial charge in [0, 0.05) is 12.8 Å². The molecule has 0 aromatic rings. The van der Waals surface area contributed by atoms with Gasteiger partial charge in [-0.25, -0.2) is 0 Å². The van der Waals surface area contributed by atoms with Crippen LogP contribution in [0, 0.1) is 0 Å². The summed E-state index contributed by atoms with van der Waals surface area (Å²) in [7, 11) is 0. The molecule has 0 aromatic carbocycles. The number of unbranched alkanes of at least 4 members (excludes halogenated alkanes) is 38. The van der Waals surface area contributed by atoms with Gasteiger partial charge in [0.15, 0.2) is 0 Å². The second-order valence-electron chi connectivity index (χ2n) is 19.6. The molecule has 0 saturated carbocycles. The Balaban J connectivity index is 3.41. The van der Waals surface area contributed by atoms with Gasteiger partial charge in [-0.1, -0.05) is 244 Å². The van der Waals surface area contributed by atoms with Crippen molar-refractivity contribution in [3.63, 3.8) is 0 Å². The number of carbonyl (C=O) groups excluding carboxylic acids is 2. The van der Waals surface area contributed by atoms with Crippen LogP contribution in [0.15, 0.2) is 24.3 Å². The van der Waals surface area contributed by atoms with Crippen LogP contribution in [0.3, 0.4) is 0 Å². The van der Waals surface area contributed by atoms with Crippen LogP contribution in [0.1, 0.15) is 309 Å². The molecular weight excluding hydrogens is 791 g/mol. The van der Waals surface area contributed by atoms with Crippen molar-refractivity contribution in [2.75, 3.05) is 13.2 Å². The third-order valence-electron chi connectivity index (χ3n) is 13.2. The Morgan fingerprint density at radius 2 is 0.734 bits per heavy atom. The van der Waals surface area contributed by atoms with E-state index in [1.165, 1.54) is 231 Å². The summed E-state index contributed by atoms with van der Waals surface area (Å²) in [6, 6.07) is -0.545. The van der Waals surface area contributed by atoms with Gasteiger partial charge in [-0.05, 0) is 77.0 Å². The van der Waals surface area contributed by atoms with Gasteiger partial charge in [0.2, 0.25) is 5.91 Å². The molecule has 6 heteroatoms. The fourth-order valence-corrected chi connectivity index (χ4v) is 8.81. The second kappa shape index (κ2) is 54.0. The minimum atomic E-state index is -0.667. The van der Waals surface area contributed by atoms with Crippen molar-refractivity contribution >= 4 is 11.9 Å². The number of aliphatic hydroxyl groups excluding tert-OH is 2. The van der Waals surface area contributed by atoms with Crippen LogP contribution < -0.4 is 5.32 Å². The summed E-state index contributed by atoms with van der Waals surface area (Å²) < 4.78 is 5.46. The smallest absolute Gasteiger partial charge is 0.305 e. The van der Waals surface area contributed by atoms with Crippen LogP contribution in [0.4, 0.5) is 0 Å². The number of allylic oxidation sites excluding steroid dienone is 4. The SMILES string of the molecule is CCCCCC/C=C\CCCCCCCC(=O)OCCCCCCCCCCCCC/C=C\CCCCCCCCCC(=O)NC(CO)C(O)CCCCCCCCCCCCCC. The zero-order chi connectivity index (χ0) is 46.5. The van der Waals surface area contributed by atoms with Crippen molar-refractivity contribution in [1.82, 2.24) is 5.32 Å². The molecule has 2 atom stereocenters. The molecule has 64 heavy (non-hydrogen) atoms. The summed E-state index contributed by atoms with van der Waals surface area (Å²) in [6.07, 6.45) is 64.6. The van der Waals surface area contributed by atoms with E-state index in [4.69, 9.17) is 4.74 Å². The summed E-state index contributed by atoms with van der Waals surface area (Å²) in [5.41, 5.74) is 0. The molecule has 6 nitrogen and oxygen atoms in total. The minimum absolute atomic E-state index is 0.000644. The van der Waals surface area contributed by atoms with Gasteiger partial charge >= 0.3 is 5.97 Å². The summed E-state index contributed by atoms with van der Waals surface area (Å²) >= 11 is 0. The summed E-state index contributed by atoms with van der Waals surface area (Å²) in [6.45, 7) is 4.93. The monoisotopic (exact) mass is 902 g/mol. The molecular formula is C58H111NO5. The maximum absolute atomic E-state index is 12.4. The second-order valence-corrected chi connectivity index (χ2v) is 19.6. The van der Waals surface area contributed by atoms with E-state index < -0.39 is 12.1 Å². The summed E-state index contributed by atoms with van der Waals surface area (Å²) in [5.74, 6) is -0.0415. The Labute approximate surface area is 399 Å². The van der Waals surface area contributed by atoms with Crippen molar-refractivity contribution in [2.24, 2.45) is 0 Å². The van der Waals surface area contributed by atoms with E-state index in [1.807, 2.05) is 0 Å². The van der Waals surface area contributed by atoms with E-state index >= 15 is 0 Å². The van der Waals surface area contributed by atoms with Crippen LogP contribution in [-0.4, -0.2) is 47.4 Å². The number of ether oxygens (including phenoxy) is 1. The first kappa shape index (κ1) is 62.3. The van der Waals surface area contributed by atoms with Gasteiger partial charge in [-0.15, -0.1) is 0 Å². The zero-order valence-corrected chi connectivity index (χ0v) is 43.0. The van der Waals surface area contributed by atoms with E-state index in [0.29, 0.717) is 25.9 Å². The molecule has 0 heterocycles. The van der Waals surface area contributed by atoms with Gasteiger partial charge in [0.25, 0.3) is 0 Å². The predicted molar refractivity (Wildman–Crippen MR) is 278 cm³/mol. The molecule has 3 N–H and O–H groups in total. The Bertz CT molecular complexity index is 997. The number of aliphatic hydroxyl groups is 2. The van der Waals surface area contributed by atoms with Crippen molar-refractivity contribution in [1.29, 1.82) is 0 Å². The lowest BCUT2D eigenvalue weighted by atomic mass is 10.0. The highest BCUT2D eigenvalue weighted by molar-refractivity contribution is 5.76. The predicted octanol–water partition coefficient (Wildman–Crippen LogP) is 17.5. The average molecular weight is 903 g/mol. The van der Waals surface area contributed by atoms with Crippen LogP contribution in [0.5, 0.6) is 0 Å². The molecule has 0 spiro atoms. The first-order chi connectivity index (χ1) is 31.5. The van der Waals surface area contributed by atoms with Gasteiger partial charge in [-0.2, -0.15) is 0 Å². The Morgan fingerprint density at radius 3 is 1.12 bits per heavy atom. The molecule has 0 saturated heterocycles. The molecule has 2 unspecified atom stereocenters. The van der Waals surface area contributed by atoms with Crippen LogP contribution in [0.25, 0.3) is 0 Å². The largest absolute Gasteiger partial charge is 0.466 e. The highest BCUT2D eigenvalue weighted by Gasteiger charge is 2.20. The lowest BCUT2D eigenvalue weighted by Gasteiger charge is -2.22. The third kappa shape index (κ3) is 49.8. The molecule has 0 aliphatic heterocycles. The molecule has 1 amide bonds. The number of amides is 1. The van der Waals surface area contributed by atoms with E-state index in [1.54, 1.807) is 0 Å². The Hall–Kier alpha value is -1.66. The number of nitrogens with one attached hydrogen (secondary N) is 1. The molecule has 378 valence electrons. The van der Waals surface area contributed by atoms with Crippen LogP contribution >= 0.6 is 0 Å². The Kier molecular flexibility index (Phi) is 52.6. The number of esters is 1. The Morgan fingerprint density at radius 1 is 0.422 bits per heavy atom. The van der Waals surface area contributed by atoms with E-state index in [-0.39, 0.29) is 18.5 Å². The molecule has 0 aliphatic rings. The molecule has 0 bridgehead atoms. The van der Waals surface area contributed by atoms with Crippen molar-refractivity contribution in [3.8, 4) is 0 Å². The quantitative estimate of drug-likeness (QED) is 0.0321. The van der Waals surface area contributed by atoms with E-state index in [9.17, 15) is 19.8 Å². The minimum Gasteiger partial charge on any atom is -0.466 e. The molecule has 0 aliphatic carbocycles. The highest BCUT2D eigenvalue weighted by atomic mass is 16.5. The average Bonchev–Trinajstić information content (AvgIpc) is 3.29. The lowest BCUT2D eigenvalue weighted by molar-refractivity contribution is -0.143. The van der Waals surface area contributed by atoms with Crippen molar-refractivity contribution in [3.05, 3.63) is 24.3 Å². The normalized spacial score (nSPS) is 12.8. The fraction of sp³-hybridized carbons (Fsp3) is 0.897. The fourth-order valence-electron chi connectivity index (χ4n) is 8.81. The van der Waals surface area contributed by atoms with Crippen molar-refractivity contribution < 1.29 is 24.5 Å². The van der Waals surface area contributed by atoms with Gasteiger partial charge < -0.3 is 20.3 Å². The third-order valence-corrected chi connectivity index (χ3v) is 13.2. The first-order valence-corrected chi connectivity index (χ1v) is 28.6. The van der Waals surface area contributed by atoms with Crippen LogP contribution in [-0.2, 0) is 14.3 Å². The lowest BCUT2D eigenvalue weighted by Crippen LogP contribution is -2.45. The van der Waals surface area contributed by atoms with Gasteiger partial charge in [0.05, 0.1) is 25.4 Å². The number of carbonyl (C=O) groups is 2. The topological polar surface area (TPSA) is 95.9 Å². The van der Waals surface area contributed by atoms with Crippen LogP contribution in [0.2, 0.25) is 0 Å². The highest BCUT2D eigenvalue weighted by Crippen LogP contribution is 2.17. The van der Waals surface area contributed by atoms with E-state index in [2.05, 4.69) is 43.5 Å². The molecule has 0 fully saturated rings. The zero-order valence-electron chi connectivity index (χ0n) is 43.0. The number of hydrogen-bond acceptors (Lipinski definition) is 5. The van der Waals surface area contributed by atoms with Gasteiger partial charge in [0.1, 0.15) is 0 Å².